The van der Waals surface area contributed by atoms with E-state index in [4.69, 9.17) is 0 Å². The average molecular weight is 228 g/mol. The molecule has 0 unspecified atom stereocenters. The van der Waals surface area contributed by atoms with E-state index in [-0.39, 0.29) is 13.1 Å². The van der Waals surface area contributed by atoms with Crippen molar-refractivity contribution in [2.45, 2.75) is 0 Å². The monoisotopic (exact) mass is 228 g/mol. The number of nitrogens with zero attached hydrogens (tertiary/aromatic N) is 2. The Labute approximate surface area is 93.9 Å². The van der Waals surface area contributed by atoms with Gasteiger partial charge in [-0.2, -0.15) is 0 Å². The second kappa shape index (κ2) is 3.71. The maximum absolute atomic E-state index is 10.7. The van der Waals surface area contributed by atoms with Gasteiger partial charge in [-0.3, -0.25) is 0 Å². The summed E-state index contributed by atoms with van der Waals surface area (Å²) in [5.74, 6) is -2.02. The molecule has 16 heavy (non-hydrogen) atoms. The summed E-state index contributed by atoms with van der Waals surface area (Å²) < 4.78 is 1.13. The highest BCUT2D eigenvalue weighted by Gasteiger charge is 2.48. The van der Waals surface area contributed by atoms with Crippen LogP contribution in [0.25, 0.3) is 0 Å². The largest absolute Gasteiger partial charge is 0.544 e. The van der Waals surface area contributed by atoms with Gasteiger partial charge < -0.3 is 28.8 Å². The SMILES string of the molecule is O=C([O-])C[N+]12CC[N+](CC(=O)[O-])(CC1)CC2. The van der Waals surface area contributed by atoms with Crippen molar-refractivity contribution in [2.75, 3.05) is 52.4 Å². The van der Waals surface area contributed by atoms with Gasteiger partial charge in [0.15, 0.2) is 0 Å². The molecule has 3 aliphatic heterocycles. The molecule has 3 saturated heterocycles. The molecule has 6 heteroatoms. The van der Waals surface area contributed by atoms with E-state index in [0.717, 1.165) is 39.3 Å². The van der Waals surface area contributed by atoms with Crippen LogP contribution in [0.1, 0.15) is 0 Å². The second-order valence-electron chi connectivity index (χ2n) is 5.09. The maximum Gasteiger partial charge on any atom is 0.129 e. The number of aliphatic carboxylic acids is 2. The predicted molar refractivity (Wildman–Crippen MR) is 49.5 cm³/mol. The number of hydrogen-bond acceptors (Lipinski definition) is 4. The summed E-state index contributed by atoms with van der Waals surface area (Å²) in [5, 5.41) is 21.3. The van der Waals surface area contributed by atoms with Crippen LogP contribution in [-0.2, 0) is 9.59 Å². The Kier molecular flexibility index (Phi) is 2.63. The van der Waals surface area contributed by atoms with Crippen LogP contribution in [0.3, 0.4) is 0 Å². The lowest BCUT2D eigenvalue weighted by Crippen LogP contribution is -2.77. The number of carbonyl (C=O) groups excluding carboxylic acids is 2. The summed E-state index contributed by atoms with van der Waals surface area (Å²) >= 11 is 0. The zero-order valence-corrected chi connectivity index (χ0v) is 9.18. The molecule has 0 aromatic heterocycles. The van der Waals surface area contributed by atoms with Crippen LogP contribution in [0.4, 0.5) is 0 Å². The van der Waals surface area contributed by atoms with E-state index in [2.05, 4.69) is 0 Å². The zero-order chi connectivity index (χ0) is 11.8. The van der Waals surface area contributed by atoms with Crippen LogP contribution in [-0.4, -0.2) is 73.3 Å². The molecule has 0 N–H and O–H groups in total. The van der Waals surface area contributed by atoms with Crippen molar-refractivity contribution in [3.63, 3.8) is 0 Å². The number of carboxylic acid groups (broad SMARTS) is 2. The number of rotatable bonds is 4. The van der Waals surface area contributed by atoms with Gasteiger partial charge in [0, 0.05) is 0 Å². The standard InChI is InChI=1S/C10H16N2O4/c13-9(14)7-11-1-2-12(5-3-11,6-4-11)8-10(15)16/h1-8H2. The Balaban J connectivity index is 2.02. The van der Waals surface area contributed by atoms with Gasteiger partial charge in [0.1, 0.15) is 52.4 Å². The average Bonchev–Trinajstić information content (AvgIpc) is 2.18. The minimum atomic E-state index is -1.01. The molecule has 0 aromatic rings. The molecule has 0 aromatic carbocycles. The first-order valence-electron chi connectivity index (χ1n) is 5.55. The van der Waals surface area contributed by atoms with Crippen LogP contribution < -0.4 is 10.2 Å². The first-order valence-corrected chi connectivity index (χ1v) is 5.55. The molecule has 0 amide bonds. The fourth-order valence-electron chi connectivity index (χ4n) is 2.97. The first-order chi connectivity index (χ1) is 7.45. The Bertz CT molecular complexity index is 272. The van der Waals surface area contributed by atoms with Crippen molar-refractivity contribution in [3.8, 4) is 0 Å². The third-order valence-corrected chi connectivity index (χ3v) is 4.08. The molecule has 2 bridgehead atoms. The molecule has 3 aliphatic rings. The van der Waals surface area contributed by atoms with E-state index < -0.39 is 11.9 Å². The van der Waals surface area contributed by atoms with E-state index in [0.29, 0.717) is 8.97 Å². The Hall–Kier alpha value is -1.14. The van der Waals surface area contributed by atoms with E-state index in [1.807, 2.05) is 0 Å². The summed E-state index contributed by atoms with van der Waals surface area (Å²) in [4.78, 5) is 21.3. The molecule has 0 spiro atoms. The van der Waals surface area contributed by atoms with Crippen LogP contribution in [0.5, 0.6) is 0 Å². The van der Waals surface area contributed by atoms with Gasteiger partial charge >= 0.3 is 0 Å². The van der Waals surface area contributed by atoms with E-state index in [9.17, 15) is 19.8 Å². The molecule has 90 valence electrons. The van der Waals surface area contributed by atoms with E-state index >= 15 is 0 Å². The summed E-state index contributed by atoms with van der Waals surface area (Å²) in [6.07, 6.45) is 0. The number of quaternary nitrogens is 2. The maximum atomic E-state index is 10.7. The van der Waals surface area contributed by atoms with Crippen molar-refractivity contribution in [2.24, 2.45) is 0 Å². The highest BCUT2D eigenvalue weighted by atomic mass is 16.4. The molecular weight excluding hydrogens is 212 g/mol. The van der Waals surface area contributed by atoms with Gasteiger partial charge in [-0.1, -0.05) is 0 Å². The van der Waals surface area contributed by atoms with Gasteiger partial charge in [0.25, 0.3) is 0 Å². The Morgan fingerprint density at radius 3 is 1.19 bits per heavy atom. The molecule has 3 fully saturated rings. The summed E-state index contributed by atoms with van der Waals surface area (Å²) in [6.45, 7) is 4.55. The zero-order valence-electron chi connectivity index (χ0n) is 9.18. The molecular formula is C10H16N2O4. The van der Waals surface area contributed by atoms with Crippen LogP contribution in [0.15, 0.2) is 0 Å². The fourth-order valence-corrected chi connectivity index (χ4v) is 2.97. The van der Waals surface area contributed by atoms with Gasteiger partial charge in [0.05, 0.1) is 11.9 Å². The van der Waals surface area contributed by atoms with Crippen molar-refractivity contribution < 1.29 is 28.8 Å². The number of piperazine rings is 3. The summed E-state index contributed by atoms with van der Waals surface area (Å²) in [5.41, 5.74) is 0. The lowest BCUT2D eigenvalue weighted by Gasteiger charge is -2.55. The van der Waals surface area contributed by atoms with Gasteiger partial charge in [-0.25, -0.2) is 0 Å². The predicted octanol–water partition coefficient (Wildman–Crippen LogP) is -3.85. The number of carbonyl (C=O) groups is 2. The van der Waals surface area contributed by atoms with Gasteiger partial charge in [0.2, 0.25) is 0 Å². The third-order valence-electron chi connectivity index (χ3n) is 4.08. The quantitative estimate of drug-likeness (QED) is 0.461. The minimum Gasteiger partial charge on any atom is -0.544 e. The molecule has 0 radical (unpaired) electrons. The van der Waals surface area contributed by atoms with Crippen molar-refractivity contribution in [1.29, 1.82) is 0 Å². The highest BCUT2D eigenvalue weighted by Crippen LogP contribution is 2.25. The Morgan fingerprint density at radius 2 is 1.00 bits per heavy atom. The fraction of sp³-hybridized carbons (Fsp3) is 0.800. The van der Waals surface area contributed by atoms with Crippen molar-refractivity contribution >= 4 is 11.9 Å². The molecule has 0 aliphatic carbocycles. The molecule has 0 saturated carbocycles. The highest BCUT2D eigenvalue weighted by molar-refractivity contribution is 5.66. The third kappa shape index (κ3) is 2.03. The molecule has 3 rings (SSSR count). The van der Waals surface area contributed by atoms with Crippen LogP contribution >= 0.6 is 0 Å². The number of fused-ring (bicyclic) bond motifs is 3. The van der Waals surface area contributed by atoms with Gasteiger partial charge in [-0.15, -0.1) is 0 Å². The topological polar surface area (TPSA) is 80.3 Å². The first kappa shape index (κ1) is 11.3. The molecule has 0 atom stereocenters. The Morgan fingerprint density at radius 1 is 0.750 bits per heavy atom. The molecule has 3 heterocycles. The number of carboxylic acids is 2. The van der Waals surface area contributed by atoms with E-state index in [1.54, 1.807) is 0 Å². The lowest BCUT2D eigenvalue weighted by atomic mass is 10.1. The smallest absolute Gasteiger partial charge is 0.129 e. The summed E-state index contributed by atoms with van der Waals surface area (Å²) in [7, 11) is 0. The van der Waals surface area contributed by atoms with Crippen molar-refractivity contribution in [3.05, 3.63) is 0 Å². The second-order valence-corrected chi connectivity index (χ2v) is 5.09. The number of hydrogen-bond donors (Lipinski definition) is 0. The van der Waals surface area contributed by atoms with Gasteiger partial charge in [-0.05, 0) is 0 Å². The van der Waals surface area contributed by atoms with Crippen molar-refractivity contribution in [1.82, 2.24) is 0 Å². The summed E-state index contributed by atoms with van der Waals surface area (Å²) in [6, 6.07) is 0. The normalized spacial score (nSPS) is 37.2. The molecule has 6 nitrogen and oxygen atoms in total. The lowest BCUT2D eigenvalue weighted by molar-refractivity contribution is -1.08. The minimum absolute atomic E-state index is 0.0608. The van der Waals surface area contributed by atoms with Crippen LogP contribution in [0.2, 0.25) is 0 Å². The van der Waals surface area contributed by atoms with E-state index in [1.165, 1.54) is 0 Å². The van der Waals surface area contributed by atoms with Crippen LogP contribution in [0, 0.1) is 0 Å².